The van der Waals surface area contributed by atoms with Crippen LogP contribution in [0, 0.1) is 0 Å². The van der Waals surface area contributed by atoms with Gasteiger partial charge in [0, 0.05) is 16.2 Å². The first-order valence-corrected chi connectivity index (χ1v) is 10.7. The molecule has 0 aliphatic rings. The standard InChI is InChI=1S/C19H16ClN3O2S2/c1-2-17-21-13(10-26-17)11-27-19-22-16-8-12(20)5-6-15(16)18(24)23(19)9-14-4-3-7-25-14/h3-8,10H,2,9,11H2,1H3. The number of benzene rings is 1. The minimum absolute atomic E-state index is 0.108. The fourth-order valence-corrected chi connectivity index (χ4v) is 4.61. The van der Waals surface area contributed by atoms with E-state index in [4.69, 9.17) is 21.0 Å². The number of hydrogen-bond donors (Lipinski definition) is 0. The summed E-state index contributed by atoms with van der Waals surface area (Å²) < 4.78 is 7.08. The third-order valence-corrected chi connectivity index (χ3v) is 6.31. The van der Waals surface area contributed by atoms with E-state index in [1.807, 2.05) is 12.1 Å². The lowest BCUT2D eigenvalue weighted by Gasteiger charge is -2.12. The molecule has 5 nitrogen and oxygen atoms in total. The summed E-state index contributed by atoms with van der Waals surface area (Å²) in [7, 11) is 0. The maximum absolute atomic E-state index is 13.1. The van der Waals surface area contributed by atoms with Gasteiger partial charge in [-0.15, -0.1) is 11.3 Å². The topological polar surface area (TPSA) is 60.9 Å². The smallest absolute Gasteiger partial charge is 0.262 e. The Kier molecular flexibility index (Phi) is 5.33. The minimum atomic E-state index is -0.108. The van der Waals surface area contributed by atoms with Gasteiger partial charge in [0.25, 0.3) is 5.56 Å². The van der Waals surface area contributed by atoms with Crippen LogP contribution >= 0.6 is 34.7 Å². The Bertz CT molecular complexity index is 1140. The normalized spacial score (nSPS) is 11.3. The van der Waals surface area contributed by atoms with Gasteiger partial charge in [0.2, 0.25) is 0 Å². The molecular formula is C19H16ClN3O2S2. The Morgan fingerprint density at radius 3 is 2.93 bits per heavy atom. The number of thiazole rings is 1. The number of rotatable bonds is 6. The van der Waals surface area contributed by atoms with Crippen molar-refractivity contribution in [1.29, 1.82) is 0 Å². The zero-order valence-corrected chi connectivity index (χ0v) is 16.9. The second-order valence-corrected chi connectivity index (χ2v) is 8.22. The van der Waals surface area contributed by atoms with Crippen LogP contribution in [0.1, 0.15) is 23.4 Å². The van der Waals surface area contributed by atoms with Crippen LogP contribution in [0.4, 0.5) is 0 Å². The Morgan fingerprint density at radius 1 is 1.30 bits per heavy atom. The van der Waals surface area contributed by atoms with Gasteiger partial charge in [-0.05, 0) is 36.8 Å². The summed E-state index contributed by atoms with van der Waals surface area (Å²) >= 11 is 9.24. The highest BCUT2D eigenvalue weighted by Gasteiger charge is 2.14. The molecule has 27 heavy (non-hydrogen) atoms. The van der Waals surface area contributed by atoms with Crippen molar-refractivity contribution in [3.05, 3.63) is 73.8 Å². The Labute approximate surface area is 169 Å². The molecule has 0 fully saturated rings. The molecule has 0 amide bonds. The summed E-state index contributed by atoms with van der Waals surface area (Å²) in [6, 6.07) is 8.80. The van der Waals surface area contributed by atoms with Gasteiger partial charge >= 0.3 is 0 Å². The van der Waals surface area contributed by atoms with Crippen LogP contribution in [-0.2, 0) is 18.7 Å². The van der Waals surface area contributed by atoms with Gasteiger partial charge in [0.15, 0.2) is 5.16 Å². The molecule has 3 aromatic heterocycles. The molecule has 0 atom stereocenters. The number of fused-ring (bicyclic) bond motifs is 1. The van der Waals surface area contributed by atoms with Crippen LogP contribution in [-0.4, -0.2) is 14.5 Å². The Morgan fingerprint density at radius 2 is 2.19 bits per heavy atom. The first-order valence-electron chi connectivity index (χ1n) is 8.42. The van der Waals surface area contributed by atoms with Gasteiger partial charge in [0.05, 0.1) is 34.4 Å². The van der Waals surface area contributed by atoms with Crippen LogP contribution < -0.4 is 5.56 Å². The van der Waals surface area contributed by atoms with E-state index < -0.39 is 0 Å². The van der Waals surface area contributed by atoms with Gasteiger partial charge < -0.3 is 4.42 Å². The second-order valence-electron chi connectivity index (χ2n) is 5.90. The number of aromatic nitrogens is 3. The molecule has 0 saturated heterocycles. The van der Waals surface area contributed by atoms with Crippen molar-refractivity contribution < 1.29 is 4.42 Å². The van der Waals surface area contributed by atoms with Crippen LogP contribution in [0.5, 0.6) is 0 Å². The van der Waals surface area contributed by atoms with Crippen molar-refractivity contribution in [2.45, 2.75) is 30.8 Å². The van der Waals surface area contributed by atoms with Gasteiger partial charge in [-0.1, -0.05) is 30.3 Å². The summed E-state index contributed by atoms with van der Waals surface area (Å²) in [6.07, 6.45) is 2.52. The highest BCUT2D eigenvalue weighted by molar-refractivity contribution is 7.98. The number of halogens is 1. The highest BCUT2D eigenvalue weighted by atomic mass is 35.5. The molecule has 0 saturated carbocycles. The van der Waals surface area contributed by atoms with Gasteiger partial charge in [0.1, 0.15) is 5.76 Å². The number of aryl methyl sites for hydroxylation is 1. The average molecular weight is 418 g/mol. The maximum Gasteiger partial charge on any atom is 0.262 e. The summed E-state index contributed by atoms with van der Waals surface area (Å²) in [5.74, 6) is 1.35. The molecule has 0 aliphatic carbocycles. The van der Waals surface area contributed by atoms with Crippen molar-refractivity contribution in [2.24, 2.45) is 0 Å². The zero-order valence-electron chi connectivity index (χ0n) is 14.5. The zero-order chi connectivity index (χ0) is 18.8. The molecule has 0 spiro atoms. The fourth-order valence-electron chi connectivity index (χ4n) is 2.70. The first kappa shape index (κ1) is 18.3. The lowest BCUT2D eigenvalue weighted by atomic mass is 10.2. The molecule has 8 heteroatoms. The first-order chi connectivity index (χ1) is 13.1. The molecule has 0 N–H and O–H groups in total. The van der Waals surface area contributed by atoms with Crippen molar-refractivity contribution in [3.63, 3.8) is 0 Å². The maximum atomic E-state index is 13.1. The lowest BCUT2D eigenvalue weighted by molar-refractivity contribution is 0.476. The monoisotopic (exact) mass is 417 g/mol. The predicted molar refractivity (Wildman–Crippen MR) is 110 cm³/mol. The third-order valence-electron chi connectivity index (χ3n) is 4.03. The molecular weight excluding hydrogens is 402 g/mol. The average Bonchev–Trinajstić information content (AvgIpc) is 3.34. The molecule has 138 valence electrons. The van der Waals surface area contributed by atoms with Crippen molar-refractivity contribution in [1.82, 2.24) is 14.5 Å². The van der Waals surface area contributed by atoms with E-state index in [1.54, 1.807) is 40.4 Å². The molecule has 0 aliphatic heterocycles. The van der Waals surface area contributed by atoms with Crippen molar-refractivity contribution >= 4 is 45.6 Å². The molecule has 4 aromatic rings. The van der Waals surface area contributed by atoms with Crippen molar-refractivity contribution in [3.8, 4) is 0 Å². The summed E-state index contributed by atoms with van der Waals surface area (Å²) in [4.78, 5) is 22.3. The van der Waals surface area contributed by atoms with E-state index in [0.717, 1.165) is 17.1 Å². The second kappa shape index (κ2) is 7.88. The summed E-state index contributed by atoms with van der Waals surface area (Å²) in [5.41, 5.74) is 1.48. The molecule has 4 rings (SSSR count). The van der Waals surface area contributed by atoms with Gasteiger partial charge in [-0.2, -0.15) is 0 Å². The summed E-state index contributed by atoms with van der Waals surface area (Å²) in [6.45, 7) is 2.42. The highest BCUT2D eigenvalue weighted by Crippen LogP contribution is 2.25. The van der Waals surface area contributed by atoms with Crippen LogP contribution in [0.25, 0.3) is 10.9 Å². The number of nitrogens with zero attached hydrogens (tertiary/aromatic N) is 3. The van der Waals surface area contributed by atoms with Gasteiger partial charge in [-0.3, -0.25) is 9.36 Å². The predicted octanol–water partition coefficient (Wildman–Crippen LogP) is 5.00. The minimum Gasteiger partial charge on any atom is -0.467 e. The van der Waals surface area contributed by atoms with E-state index in [2.05, 4.69) is 17.3 Å². The Hall–Kier alpha value is -2.09. The fraction of sp³-hybridized carbons (Fsp3) is 0.211. The molecule has 0 bridgehead atoms. The summed E-state index contributed by atoms with van der Waals surface area (Å²) in [5, 5.41) is 4.88. The molecule has 0 unspecified atom stereocenters. The van der Waals surface area contributed by atoms with E-state index in [-0.39, 0.29) is 5.56 Å². The van der Waals surface area contributed by atoms with E-state index in [9.17, 15) is 4.79 Å². The Balaban J connectivity index is 1.74. The number of furan rings is 1. The van der Waals surface area contributed by atoms with Crippen molar-refractivity contribution in [2.75, 3.05) is 0 Å². The van der Waals surface area contributed by atoms with Crippen LogP contribution in [0.15, 0.2) is 56.3 Å². The van der Waals surface area contributed by atoms with E-state index in [1.165, 1.54) is 11.8 Å². The van der Waals surface area contributed by atoms with E-state index >= 15 is 0 Å². The SMILES string of the molecule is CCc1nc(CSc2nc3cc(Cl)ccc3c(=O)n2Cc2ccco2)cs1. The van der Waals surface area contributed by atoms with Crippen LogP contribution in [0.2, 0.25) is 5.02 Å². The van der Waals surface area contributed by atoms with E-state index in [0.29, 0.717) is 39.1 Å². The molecule has 1 aromatic carbocycles. The van der Waals surface area contributed by atoms with Crippen LogP contribution in [0.3, 0.4) is 0 Å². The lowest BCUT2D eigenvalue weighted by Crippen LogP contribution is -2.23. The molecule has 3 heterocycles. The quantitative estimate of drug-likeness (QED) is 0.326. The number of hydrogen-bond acceptors (Lipinski definition) is 6. The largest absolute Gasteiger partial charge is 0.467 e. The van der Waals surface area contributed by atoms with Gasteiger partial charge in [-0.25, -0.2) is 9.97 Å². The number of thioether (sulfide) groups is 1. The third kappa shape index (κ3) is 3.95. The molecule has 0 radical (unpaired) electrons.